The molecule has 5 rings (SSSR count). The van der Waals surface area contributed by atoms with Crippen LogP contribution in [0.5, 0.6) is 0 Å². The van der Waals surface area contributed by atoms with Crippen molar-refractivity contribution in [2.24, 2.45) is 0 Å². The second kappa shape index (κ2) is 7.16. The van der Waals surface area contributed by atoms with Gasteiger partial charge < -0.3 is 4.90 Å². The molecule has 1 fully saturated rings. The SMILES string of the molecule is O=C(c1cccs1)N1CCCC(c2nc3ccc(-c4ccncc4)cn3n2)C1. The third-order valence-electron chi connectivity index (χ3n) is 5.17. The van der Waals surface area contributed by atoms with Crippen LogP contribution in [0.4, 0.5) is 0 Å². The van der Waals surface area contributed by atoms with Gasteiger partial charge in [-0.15, -0.1) is 11.3 Å². The van der Waals surface area contributed by atoms with Crippen LogP contribution < -0.4 is 0 Å². The van der Waals surface area contributed by atoms with Crippen molar-refractivity contribution in [2.75, 3.05) is 13.1 Å². The first-order valence-corrected chi connectivity index (χ1v) is 10.3. The minimum absolute atomic E-state index is 0.114. The highest BCUT2D eigenvalue weighted by Gasteiger charge is 2.28. The van der Waals surface area contributed by atoms with Crippen LogP contribution in [0.3, 0.4) is 0 Å². The fourth-order valence-corrected chi connectivity index (χ4v) is 4.41. The summed E-state index contributed by atoms with van der Waals surface area (Å²) in [6.07, 6.45) is 7.54. The maximum Gasteiger partial charge on any atom is 0.263 e. The monoisotopic (exact) mass is 389 g/mol. The molecular formula is C21H19N5OS. The molecule has 0 radical (unpaired) electrons. The third-order valence-corrected chi connectivity index (χ3v) is 6.02. The van der Waals surface area contributed by atoms with E-state index in [-0.39, 0.29) is 11.8 Å². The Labute approximate surface area is 166 Å². The first-order valence-electron chi connectivity index (χ1n) is 9.37. The van der Waals surface area contributed by atoms with Crippen LogP contribution in [0, 0.1) is 0 Å². The van der Waals surface area contributed by atoms with Crippen LogP contribution in [-0.4, -0.2) is 43.5 Å². The molecule has 1 amide bonds. The first-order chi connectivity index (χ1) is 13.8. The Morgan fingerprint density at radius 1 is 1.11 bits per heavy atom. The number of aromatic nitrogens is 4. The zero-order valence-electron chi connectivity index (χ0n) is 15.2. The van der Waals surface area contributed by atoms with E-state index in [4.69, 9.17) is 10.1 Å². The van der Waals surface area contributed by atoms with Crippen LogP contribution in [0.1, 0.15) is 34.3 Å². The van der Waals surface area contributed by atoms with Crippen molar-refractivity contribution < 1.29 is 4.79 Å². The zero-order valence-corrected chi connectivity index (χ0v) is 16.0. The predicted molar refractivity (Wildman–Crippen MR) is 108 cm³/mol. The van der Waals surface area contributed by atoms with Crippen molar-refractivity contribution >= 4 is 22.9 Å². The predicted octanol–water partition coefficient (Wildman–Crippen LogP) is 3.87. The van der Waals surface area contributed by atoms with Gasteiger partial charge in [-0.3, -0.25) is 9.78 Å². The summed E-state index contributed by atoms with van der Waals surface area (Å²) < 4.78 is 1.84. The van der Waals surface area contributed by atoms with Crippen molar-refractivity contribution in [1.29, 1.82) is 0 Å². The van der Waals surface area contributed by atoms with Gasteiger partial charge in [0.15, 0.2) is 11.5 Å². The Balaban J connectivity index is 1.40. The zero-order chi connectivity index (χ0) is 18.9. The van der Waals surface area contributed by atoms with Gasteiger partial charge in [0.1, 0.15) is 0 Å². The highest BCUT2D eigenvalue weighted by Crippen LogP contribution is 2.27. The Hall–Kier alpha value is -3.06. The molecule has 1 saturated heterocycles. The number of carbonyl (C=O) groups is 1. The number of nitrogens with zero attached hydrogens (tertiary/aromatic N) is 5. The van der Waals surface area contributed by atoms with E-state index in [0.717, 1.165) is 46.9 Å². The number of piperidine rings is 1. The van der Waals surface area contributed by atoms with Crippen molar-refractivity contribution in [3.05, 3.63) is 71.1 Å². The molecule has 1 aliphatic heterocycles. The van der Waals surface area contributed by atoms with Crippen molar-refractivity contribution in [3.63, 3.8) is 0 Å². The molecule has 7 heteroatoms. The lowest BCUT2D eigenvalue weighted by molar-refractivity contribution is 0.0709. The molecule has 0 saturated carbocycles. The van der Waals surface area contributed by atoms with Gasteiger partial charge in [-0.2, -0.15) is 5.10 Å². The molecule has 4 aromatic rings. The summed E-state index contributed by atoms with van der Waals surface area (Å²) in [5, 5.41) is 6.68. The number of thiophene rings is 1. The standard InChI is InChI=1S/C21H19N5OS/c27-21(18-4-2-12-28-18)25-11-1-3-17(13-25)20-23-19-6-5-16(14-26(19)24-20)15-7-9-22-10-8-15/h2,4-10,12,14,17H,1,3,11,13H2. The fraction of sp³-hybridized carbons (Fsp3) is 0.238. The van der Waals surface area contributed by atoms with Gasteiger partial charge >= 0.3 is 0 Å². The van der Waals surface area contributed by atoms with Gasteiger partial charge in [0.05, 0.1) is 4.88 Å². The average molecular weight is 389 g/mol. The van der Waals surface area contributed by atoms with Crippen LogP contribution in [0.25, 0.3) is 16.8 Å². The molecule has 0 N–H and O–H groups in total. The van der Waals surface area contributed by atoms with Crippen molar-refractivity contribution in [1.82, 2.24) is 24.5 Å². The topological polar surface area (TPSA) is 63.4 Å². The second-order valence-corrected chi connectivity index (χ2v) is 7.94. The molecule has 4 aromatic heterocycles. The number of carbonyl (C=O) groups excluding carboxylic acids is 1. The normalized spacial score (nSPS) is 17.1. The molecular weight excluding hydrogens is 370 g/mol. The molecule has 5 heterocycles. The Kier molecular flexibility index (Phi) is 4.37. The maximum atomic E-state index is 12.7. The molecule has 0 spiro atoms. The van der Waals surface area contributed by atoms with Gasteiger partial charge in [-0.05, 0) is 54.1 Å². The van der Waals surface area contributed by atoms with Gasteiger partial charge in [-0.1, -0.05) is 6.07 Å². The van der Waals surface area contributed by atoms with E-state index in [1.165, 1.54) is 11.3 Å². The first kappa shape index (κ1) is 17.1. The second-order valence-electron chi connectivity index (χ2n) is 6.99. The average Bonchev–Trinajstić information content (AvgIpc) is 3.43. The number of hydrogen-bond donors (Lipinski definition) is 0. The van der Waals surface area contributed by atoms with E-state index >= 15 is 0 Å². The van der Waals surface area contributed by atoms with E-state index in [2.05, 4.69) is 11.1 Å². The number of rotatable bonds is 3. The minimum atomic E-state index is 0.114. The van der Waals surface area contributed by atoms with E-state index in [1.54, 1.807) is 12.4 Å². The van der Waals surface area contributed by atoms with E-state index in [0.29, 0.717) is 6.54 Å². The highest BCUT2D eigenvalue weighted by molar-refractivity contribution is 7.12. The van der Waals surface area contributed by atoms with E-state index < -0.39 is 0 Å². The smallest absolute Gasteiger partial charge is 0.263 e. The van der Waals surface area contributed by atoms with Gasteiger partial charge in [0.25, 0.3) is 5.91 Å². The lowest BCUT2D eigenvalue weighted by Crippen LogP contribution is -2.39. The summed E-state index contributed by atoms with van der Waals surface area (Å²) in [5.74, 6) is 1.10. The van der Waals surface area contributed by atoms with Crippen molar-refractivity contribution in [2.45, 2.75) is 18.8 Å². The number of amides is 1. The number of fused-ring (bicyclic) bond motifs is 1. The number of pyridine rings is 2. The Bertz CT molecular complexity index is 1110. The van der Waals surface area contributed by atoms with Crippen LogP contribution in [0.2, 0.25) is 0 Å². The van der Waals surface area contributed by atoms with E-state index in [9.17, 15) is 4.79 Å². The van der Waals surface area contributed by atoms with E-state index in [1.807, 2.05) is 51.3 Å². The lowest BCUT2D eigenvalue weighted by Gasteiger charge is -2.31. The number of hydrogen-bond acceptors (Lipinski definition) is 5. The quantitative estimate of drug-likeness (QED) is 0.534. The van der Waals surface area contributed by atoms with Crippen molar-refractivity contribution in [3.8, 4) is 11.1 Å². The fourth-order valence-electron chi connectivity index (χ4n) is 3.72. The van der Waals surface area contributed by atoms with Gasteiger partial charge in [0.2, 0.25) is 0 Å². The van der Waals surface area contributed by atoms with Crippen LogP contribution in [0.15, 0.2) is 60.4 Å². The molecule has 1 unspecified atom stereocenters. The summed E-state index contributed by atoms with van der Waals surface area (Å²) in [5.41, 5.74) is 3.00. The molecule has 6 nitrogen and oxygen atoms in total. The Morgan fingerprint density at radius 2 is 2.00 bits per heavy atom. The summed E-state index contributed by atoms with van der Waals surface area (Å²) in [6.45, 7) is 1.47. The largest absolute Gasteiger partial charge is 0.337 e. The van der Waals surface area contributed by atoms with Crippen LogP contribution in [-0.2, 0) is 0 Å². The molecule has 0 aliphatic carbocycles. The summed E-state index contributed by atoms with van der Waals surface area (Å²) in [7, 11) is 0. The maximum absolute atomic E-state index is 12.7. The molecule has 140 valence electrons. The highest BCUT2D eigenvalue weighted by atomic mass is 32.1. The van der Waals surface area contributed by atoms with Gasteiger partial charge in [-0.25, -0.2) is 9.50 Å². The molecule has 0 aromatic carbocycles. The lowest BCUT2D eigenvalue weighted by atomic mass is 9.97. The molecule has 0 bridgehead atoms. The van der Waals surface area contributed by atoms with Gasteiger partial charge in [0, 0.05) is 43.2 Å². The third kappa shape index (κ3) is 3.18. The summed E-state index contributed by atoms with van der Waals surface area (Å²) >= 11 is 1.49. The minimum Gasteiger partial charge on any atom is -0.337 e. The number of likely N-dealkylation sites (tertiary alicyclic amines) is 1. The molecule has 28 heavy (non-hydrogen) atoms. The summed E-state index contributed by atoms with van der Waals surface area (Å²) in [4.78, 5) is 24.2. The Morgan fingerprint density at radius 3 is 2.82 bits per heavy atom. The molecule has 1 aliphatic rings. The van der Waals surface area contributed by atoms with Crippen LogP contribution >= 0.6 is 11.3 Å². The molecule has 1 atom stereocenters. The summed E-state index contributed by atoms with van der Waals surface area (Å²) in [6, 6.07) is 11.8.